The summed E-state index contributed by atoms with van der Waals surface area (Å²) < 4.78 is 1.39. The van der Waals surface area contributed by atoms with Crippen molar-refractivity contribution in [2.24, 2.45) is 0 Å². The molecule has 0 radical (unpaired) electrons. The zero-order chi connectivity index (χ0) is 17.8. The average molecular weight is 380 g/mol. The van der Waals surface area contributed by atoms with E-state index in [1.54, 1.807) is 6.07 Å². The number of hydrogen-bond acceptors (Lipinski definition) is 5. The van der Waals surface area contributed by atoms with E-state index in [2.05, 4.69) is 15.5 Å². The summed E-state index contributed by atoms with van der Waals surface area (Å²) >= 11 is 7.49. The van der Waals surface area contributed by atoms with Crippen molar-refractivity contribution in [3.05, 3.63) is 29.3 Å². The van der Waals surface area contributed by atoms with Gasteiger partial charge in [-0.25, -0.2) is 4.68 Å². The molecule has 1 fully saturated rings. The summed E-state index contributed by atoms with van der Waals surface area (Å²) in [5, 5.41) is 12.1. The molecule has 1 aliphatic carbocycles. The highest BCUT2D eigenvalue weighted by Gasteiger charge is 2.23. The molecule has 6 nitrogen and oxygen atoms in total. The smallest absolute Gasteiger partial charge is 0.233 e. The molecule has 134 valence electrons. The maximum absolute atomic E-state index is 12.4. The van der Waals surface area contributed by atoms with Crippen molar-refractivity contribution in [3.8, 4) is 11.4 Å². The Bertz CT molecular complexity index is 744. The van der Waals surface area contributed by atoms with E-state index in [4.69, 9.17) is 17.4 Å². The standard InChI is InChI=1S/C17H22ClN5OS/c1-11(16(24)20-12-7-3-2-4-8-12)25-17-22-21-15(23(17)19)13-9-5-6-10-14(13)18/h5-6,9-12H,2-4,7-8,19H2,1H3,(H,20,24). The lowest BCUT2D eigenvalue weighted by atomic mass is 9.95. The van der Waals surface area contributed by atoms with Gasteiger partial charge in [-0.2, -0.15) is 0 Å². The minimum atomic E-state index is -0.299. The minimum absolute atomic E-state index is 0.0131. The number of aromatic nitrogens is 3. The van der Waals surface area contributed by atoms with E-state index in [-0.39, 0.29) is 11.2 Å². The van der Waals surface area contributed by atoms with Crippen molar-refractivity contribution in [2.75, 3.05) is 5.84 Å². The number of carbonyl (C=O) groups is 1. The molecule has 1 aromatic heterocycles. The number of hydrogen-bond donors (Lipinski definition) is 2. The lowest BCUT2D eigenvalue weighted by molar-refractivity contribution is -0.121. The Hall–Kier alpha value is -1.73. The number of nitrogen functional groups attached to an aromatic ring is 1. The maximum Gasteiger partial charge on any atom is 0.233 e. The number of thioether (sulfide) groups is 1. The first kappa shape index (κ1) is 18.1. The predicted octanol–water partition coefficient (Wildman–Crippen LogP) is 3.24. The lowest BCUT2D eigenvalue weighted by Gasteiger charge is -2.24. The van der Waals surface area contributed by atoms with Crippen LogP contribution >= 0.6 is 23.4 Å². The van der Waals surface area contributed by atoms with Gasteiger partial charge in [-0.05, 0) is 31.9 Å². The number of rotatable bonds is 5. The van der Waals surface area contributed by atoms with Gasteiger partial charge in [0.25, 0.3) is 0 Å². The fraction of sp³-hybridized carbons (Fsp3) is 0.471. The van der Waals surface area contributed by atoms with Crippen LogP contribution in [0.3, 0.4) is 0 Å². The molecule has 1 aromatic carbocycles. The van der Waals surface area contributed by atoms with Gasteiger partial charge >= 0.3 is 0 Å². The summed E-state index contributed by atoms with van der Waals surface area (Å²) in [6.07, 6.45) is 5.76. The van der Waals surface area contributed by atoms with Gasteiger partial charge in [0.05, 0.1) is 10.3 Å². The molecule has 2 aromatic rings. The first-order valence-corrected chi connectivity index (χ1v) is 9.74. The van der Waals surface area contributed by atoms with Gasteiger partial charge in [0, 0.05) is 11.6 Å². The number of benzene rings is 1. The molecule has 0 aliphatic heterocycles. The van der Waals surface area contributed by atoms with E-state index in [0.29, 0.717) is 27.6 Å². The summed E-state index contributed by atoms with van der Waals surface area (Å²) in [6.45, 7) is 1.85. The van der Waals surface area contributed by atoms with E-state index in [0.717, 1.165) is 12.8 Å². The molecule has 1 unspecified atom stereocenters. The van der Waals surface area contributed by atoms with Crippen molar-refractivity contribution in [1.29, 1.82) is 0 Å². The van der Waals surface area contributed by atoms with Gasteiger partial charge in [0.1, 0.15) is 0 Å². The third-order valence-corrected chi connectivity index (χ3v) is 5.77. The summed E-state index contributed by atoms with van der Waals surface area (Å²) in [5.74, 6) is 6.61. The van der Waals surface area contributed by atoms with Gasteiger partial charge in [0.15, 0.2) is 5.82 Å². The molecule has 0 spiro atoms. The Kier molecular flexibility index (Phi) is 5.86. The van der Waals surface area contributed by atoms with Gasteiger partial charge in [-0.15, -0.1) is 10.2 Å². The SMILES string of the molecule is CC(Sc1nnc(-c2ccccc2Cl)n1N)C(=O)NC1CCCCC1. The topological polar surface area (TPSA) is 85.8 Å². The third kappa shape index (κ3) is 4.27. The number of nitrogens with one attached hydrogen (secondary N) is 1. The quantitative estimate of drug-likeness (QED) is 0.615. The zero-order valence-electron chi connectivity index (χ0n) is 14.1. The second-order valence-corrected chi connectivity index (χ2v) is 7.97. The molecule has 3 rings (SSSR count). The second kappa shape index (κ2) is 8.10. The van der Waals surface area contributed by atoms with E-state index < -0.39 is 0 Å². The molecule has 0 saturated heterocycles. The second-order valence-electron chi connectivity index (χ2n) is 6.26. The molecular formula is C17H22ClN5OS. The normalized spacial score (nSPS) is 16.6. The van der Waals surface area contributed by atoms with Crippen LogP contribution in [0.2, 0.25) is 5.02 Å². The monoisotopic (exact) mass is 379 g/mol. The summed E-state index contributed by atoms with van der Waals surface area (Å²) in [4.78, 5) is 12.4. The van der Waals surface area contributed by atoms with Crippen LogP contribution in [0.15, 0.2) is 29.4 Å². The van der Waals surface area contributed by atoms with E-state index in [1.807, 2.05) is 25.1 Å². The molecule has 1 heterocycles. The highest BCUT2D eigenvalue weighted by Crippen LogP contribution is 2.29. The van der Waals surface area contributed by atoms with E-state index in [1.165, 1.54) is 35.7 Å². The number of halogens is 1. The van der Waals surface area contributed by atoms with Crippen LogP contribution in [0.25, 0.3) is 11.4 Å². The van der Waals surface area contributed by atoms with Crippen LogP contribution in [0.1, 0.15) is 39.0 Å². The highest BCUT2D eigenvalue weighted by atomic mass is 35.5. The first-order valence-electron chi connectivity index (χ1n) is 8.48. The Balaban J connectivity index is 1.66. The largest absolute Gasteiger partial charge is 0.352 e. The fourth-order valence-electron chi connectivity index (χ4n) is 2.96. The van der Waals surface area contributed by atoms with Crippen LogP contribution < -0.4 is 11.2 Å². The molecule has 1 atom stereocenters. The van der Waals surface area contributed by atoms with Crippen molar-refractivity contribution in [2.45, 2.75) is 55.5 Å². The number of nitrogens with zero attached hydrogens (tertiary/aromatic N) is 3. The van der Waals surface area contributed by atoms with Crippen molar-refractivity contribution < 1.29 is 4.79 Å². The first-order chi connectivity index (χ1) is 12.1. The zero-order valence-corrected chi connectivity index (χ0v) is 15.7. The van der Waals surface area contributed by atoms with Gasteiger partial charge in [-0.1, -0.05) is 54.8 Å². The Morgan fingerprint density at radius 3 is 2.76 bits per heavy atom. The molecule has 8 heteroatoms. The lowest BCUT2D eigenvalue weighted by Crippen LogP contribution is -2.40. The van der Waals surface area contributed by atoms with Crippen molar-refractivity contribution in [1.82, 2.24) is 20.2 Å². The number of amides is 1. The Morgan fingerprint density at radius 2 is 2.04 bits per heavy atom. The third-order valence-electron chi connectivity index (χ3n) is 4.38. The van der Waals surface area contributed by atoms with Crippen LogP contribution in [-0.2, 0) is 4.79 Å². The molecule has 3 N–H and O–H groups in total. The van der Waals surface area contributed by atoms with Crippen molar-refractivity contribution in [3.63, 3.8) is 0 Å². The molecule has 1 saturated carbocycles. The van der Waals surface area contributed by atoms with Gasteiger partial charge in [0.2, 0.25) is 11.1 Å². The summed E-state index contributed by atoms with van der Waals surface area (Å²) in [5.41, 5.74) is 0.713. The molecule has 1 amide bonds. The predicted molar refractivity (Wildman–Crippen MR) is 101 cm³/mol. The van der Waals surface area contributed by atoms with Crippen LogP contribution in [0.5, 0.6) is 0 Å². The summed E-state index contributed by atoms with van der Waals surface area (Å²) in [6, 6.07) is 7.61. The Morgan fingerprint density at radius 1 is 1.32 bits per heavy atom. The van der Waals surface area contributed by atoms with Crippen LogP contribution in [-0.4, -0.2) is 32.1 Å². The average Bonchev–Trinajstić information content (AvgIpc) is 2.97. The van der Waals surface area contributed by atoms with Crippen LogP contribution in [0, 0.1) is 0 Å². The molecule has 1 aliphatic rings. The molecular weight excluding hydrogens is 358 g/mol. The van der Waals surface area contributed by atoms with Crippen molar-refractivity contribution >= 4 is 29.3 Å². The minimum Gasteiger partial charge on any atom is -0.352 e. The fourth-order valence-corrected chi connectivity index (χ4v) is 3.96. The van der Waals surface area contributed by atoms with E-state index in [9.17, 15) is 4.79 Å². The number of carbonyl (C=O) groups excluding carboxylic acids is 1. The van der Waals surface area contributed by atoms with Gasteiger partial charge < -0.3 is 11.2 Å². The summed E-state index contributed by atoms with van der Waals surface area (Å²) in [7, 11) is 0. The molecule has 0 bridgehead atoms. The van der Waals surface area contributed by atoms with E-state index >= 15 is 0 Å². The number of nitrogens with two attached hydrogens (primary N) is 1. The molecule has 25 heavy (non-hydrogen) atoms. The highest BCUT2D eigenvalue weighted by molar-refractivity contribution is 8.00. The maximum atomic E-state index is 12.4. The van der Waals surface area contributed by atoms with Gasteiger partial charge in [-0.3, -0.25) is 4.79 Å². The Labute approximate surface area is 156 Å². The van der Waals surface area contributed by atoms with Crippen LogP contribution in [0.4, 0.5) is 0 Å².